The Labute approximate surface area is 166 Å². The summed E-state index contributed by atoms with van der Waals surface area (Å²) < 4.78 is 5.24. The number of fused-ring (bicyclic) bond motifs is 1. The van der Waals surface area contributed by atoms with E-state index in [-0.39, 0.29) is 5.91 Å². The highest BCUT2D eigenvalue weighted by Crippen LogP contribution is 2.22. The molecule has 0 fully saturated rings. The standard InChI is InChI=1S/C22H28N4O2/c1-23-22(25-14-17-7-5-10-20(13-17)28-2)24-12-6-11-21(27)26-15-18-8-3-4-9-19(18)16-26/h3-5,7-10,13H,6,11-12,14-16H2,1-2H3,(H2,23,24,25). The fourth-order valence-electron chi connectivity index (χ4n) is 3.30. The molecule has 6 heteroatoms. The minimum atomic E-state index is 0.206. The number of guanidine groups is 1. The van der Waals surface area contributed by atoms with Gasteiger partial charge in [-0.25, -0.2) is 0 Å². The van der Waals surface area contributed by atoms with Crippen LogP contribution in [0.15, 0.2) is 53.5 Å². The highest BCUT2D eigenvalue weighted by atomic mass is 16.5. The van der Waals surface area contributed by atoms with Gasteiger partial charge in [-0.05, 0) is 35.2 Å². The Bertz CT molecular complexity index is 810. The molecule has 2 aromatic rings. The van der Waals surface area contributed by atoms with Crippen molar-refractivity contribution in [1.82, 2.24) is 15.5 Å². The molecule has 0 aliphatic carbocycles. The number of carbonyl (C=O) groups is 1. The van der Waals surface area contributed by atoms with Gasteiger partial charge in [0.15, 0.2) is 5.96 Å². The number of ether oxygens (including phenoxy) is 1. The number of nitrogens with one attached hydrogen (secondary N) is 2. The van der Waals surface area contributed by atoms with Gasteiger partial charge in [-0.2, -0.15) is 0 Å². The molecule has 1 aliphatic heterocycles. The SMILES string of the molecule is CN=C(NCCCC(=O)N1Cc2ccccc2C1)NCc1cccc(OC)c1. The van der Waals surface area contributed by atoms with E-state index < -0.39 is 0 Å². The molecule has 0 saturated heterocycles. The summed E-state index contributed by atoms with van der Waals surface area (Å²) in [4.78, 5) is 18.6. The third kappa shape index (κ3) is 5.25. The molecule has 6 nitrogen and oxygen atoms in total. The Balaban J connectivity index is 1.36. The molecule has 0 aromatic heterocycles. The van der Waals surface area contributed by atoms with Crippen LogP contribution in [-0.2, 0) is 24.4 Å². The van der Waals surface area contributed by atoms with E-state index in [1.807, 2.05) is 41.3 Å². The maximum absolute atomic E-state index is 12.4. The molecule has 28 heavy (non-hydrogen) atoms. The lowest BCUT2D eigenvalue weighted by Crippen LogP contribution is -2.37. The molecule has 148 valence electrons. The first-order valence-electron chi connectivity index (χ1n) is 9.61. The maximum atomic E-state index is 12.4. The summed E-state index contributed by atoms with van der Waals surface area (Å²) in [5.74, 6) is 1.77. The molecule has 0 spiro atoms. The van der Waals surface area contributed by atoms with Gasteiger partial charge in [0.05, 0.1) is 7.11 Å². The molecule has 3 rings (SSSR count). The molecule has 2 N–H and O–H groups in total. The third-order valence-electron chi connectivity index (χ3n) is 4.87. The summed E-state index contributed by atoms with van der Waals surface area (Å²) in [5, 5.41) is 6.55. The van der Waals surface area contributed by atoms with E-state index in [1.54, 1.807) is 14.2 Å². The predicted octanol–water partition coefficient (Wildman–Crippen LogP) is 2.68. The van der Waals surface area contributed by atoms with Crippen LogP contribution in [0.5, 0.6) is 5.75 Å². The zero-order valence-electron chi connectivity index (χ0n) is 16.6. The van der Waals surface area contributed by atoms with Crippen molar-refractivity contribution in [2.24, 2.45) is 4.99 Å². The van der Waals surface area contributed by atoms with Crippen LogP contribution >= 0.6 is 0 Å². The minimum Gasteiger partial charge on any atom is -0.497 e. The summed E-state index contributed by atoms with van der Waals surface area (Å²) in [7, 11) is 3.41. The van der Waals surface area contributed by atoms with Gasteiger partial charge in [0.1, 0.15) is 5.75 Å². The Kier molecular flexibility index (Phi) is 6.89. The average Bonchev–Trinajstić information content (AvgIpc) is 3.17. The van der Waals surface area contributed by atoms with Gasteiger partial charge in [-0.1, -0.05) is 36.4 Å². The quantitative estimate of drug-likeness (QED) is 0.440. The van der Waals surface area contributed by atoms with Crippen LogP contribution in [0, 0.1) is 0 Å². The van der Waals surface area contributed by atoms with E-state index in [0.717, 1.165) is 36.8 Å². The second-order valence-electron chi connectivity index (χ2n) is 6.83. The van der Waals surface area contributed by atoms with E-state index in [2.05, 4.69) is 27.8 Å². The van der Waals surface area contributed by atoms with E-state index >= 15 is 0 Å². The van der Waals surface area contributed by atoms with Crippen LogP contribution < -0.4 is 15.4 Å². The van der Waals surface area contributed by atoms with Crippen LogP contribution in [0.3, 0.4) is 0 Å². The smallest absolute Gasteiger partial charge is 0.223 e. The van der Waals surface area contributed by atoms with Gasteiger partial charge in [-0.15, -0.1) is 0 Å². The van der Waals surface area contributed by atoms with Gasteiger partial charge >= 0.3 is 0 Å². The largest absolute Gasteiger partial charge is 0.497 e. The normalized spacial score (nSPS) is 13.2. The summed E-state index contributed by atoms with van der Waals surface area (Å²) >= 11 is 0. The van der Waals surface area contributed by atoms with Gasteiger partial charge < -0.3 is 20.3 Å². The second-order valence-corrected chi connectivity index (χ2v) is 6.83. The van der Waals surface area contributed by atoms with Crippen LogP contribution in [0.1, 0.15) is 29.5 Å². The monoisotopic (exact) mass is 380 g/mol. The van der Waals surface area contributed by atoms with Crippen LogP contribution in [0.4, 0.5) is 0 Å². The number of rotatable bonds is 7. The molecule has 0 radical (unpaired) electrons. The Morgan fingerprint density at radius 3 is 2.54 bits per heavy atom. The Hall–Kier alpha value is -3.02. The summed E-state index contributed by atoms with van der Waals surface area (Å²) in [6, 6.07) is 16.2. The maximum Gasteiger partial charge on any atom is 0.223 e. The first-order chi connectivity index (χ1) is 13.7. The van der Waals surface area contributed by atoms with Crippen molar-refractivity contribution in [3.05, 3.63) is 65.2 Å². The molecule has 0 bridgehead atoms. The Morgan fingerprint density at radius 1 is 1.11 bits per heavy atom. The van der Waals surface area contributed by atoms with Gasteiger partial charge in [-0.3, -0.25) is 9.79 Å². The highest BCUT2D eigenvalue weighted by Gasteiger charge is 2.22. The molecular formula is C22H28N4O2. The van der Waals surface area contributed by atoms with Crippen molar-refractivity contribution >= 4 is 11.9 Å². The van der Waals surface area contributed by atoms with E-state index in [9.17, 15) is 4.79 Å². The minimum absolute atomic E-state index is 0.206. The lowest BCUT2D eigenvalue weighted by atomic mass is 10.1. The molecular weight excluding hydrogens is 352 g/mol. The molecule has 1 heterocycles. The van der Waals surface area contributed by atoms with E-state index in [1.165, 1.54) is 11.1 Å². The summed E-state index contributed by atoms with van der Waals surface area (Å²) in [6.45, 7) is 2.81. The number of methoxy groups -OCH3 is 1. The molecule has 0 saturated carbocycles. The number of nitrogens with zero attached hydrogens (tertiary/aromatic N) is 2. The van der Waals surface area contributed by atoms with Crippen molar-refractivity contribution < 1.29 is 9.53 Å². The van der Waals surface area contributed by atoms with Crippen molar-refractivity contribution in [2.45, 2.75) is 32.5 Å². The van der Waals surface area contributed by atoms with Gasteiger partial charge in [0, 0.05) is 39.6 Å². The van der Waals surface area contributed by atoms with Crippen LogP contribution in [-0.4, -0.2) is 37.5 Å². The highest BCUT2D eigenvalue weighted by molar-refractivity contribution is 5.80. The first kappa shape index (κ1) is 19.7. The third-order valence-corrected chi connectivity index (χ3v) is 4.87. The second kappa shape index (κ2) is 9.78. The molecule has 0 atom stereocenters. The van der Waals surface area contributed by atoms with Crippen molar-refractivity contribution in [2.75, 3.05) is 20.7 Å². The van der Waals surface area contributed by atoms with Crippen LogP contribution in [0.2, 0.25) is 0 Å². The molecule has 2 aromatic carbocycles. The zero-order valence-corrected chi connectivity index (χ0v) is 16.6. The lowest BCUT2D eigenvalue weighted by molar-refractivity contribution is -0.131. The van der Waals surface area contributed by atoms with Crippen molar-refractivity contribution in [3.8, 4) is 5.75 Å². The summed E-state index contributed by atoms with van der Waals surface area (Å²) in [5.41, 5.74) is 3.64. The average molecular weight is 380 g/mol. The number of hydrogen-bond donors (Lipinski definition) is 2. The topological polar surface area (TPSA) is 66.0 Å². The number of hydrogen-bond acceptors (Lipinski definition) is 3. The summed E-state index contributed by atoms with van der Waals surface area (Å²) in [6.07, 6.45) is 1.30. The fourth-order valence-corrected chi connectivity index (χ4v) is 3.30. The molecule has 1 aliphatic rings. The fraction of sp³-hybridized carbons (Fsp3) is 0.364. The number of benzene rings is 2. The molecule has 1 amide bonds. The van der Waals surface area contributed by atoms with Gasteiger partial charge in [0.25, 0.3) is 0 Å². The van der Waals surface area contributed by atoms with E-state index in [4.69, 9.17) is 4.74 Å². The lowest BCUT2D eigenvalue weighted by Gasteiger charge is -2.16. The number of aliphatic imine (C=N–C) groups is 1. The van der Waals surface area contributed by atoms with Crippen molar-refractivity contribution in [1.29, 1.82) is 0 Å². The molecule has 0 unspecified atom stereocenters. The first-order valence-corrected chi connectivity index (χ1v) is 9.61. The van der Waals surface area contributed by atoms with E-state index in [0.29, 0.717) is 19.5 Å². The van der Waals surface area contributed by atoms with Crippen molar-refractivity contribution in [3.63, 3.8) is 0 Å². The predicted molar refractivity (Wildman–Crippen MR) is 111 cm³/mol. The van der Waals surface area contributed by atoms with Crippen LogP contribution in [0.25, 0.3) is 0 Å². The van der Waals surface area contributed by atoms with Gasteiger partial charge in [0.2, 0.25) is 5.91 Å². The zero-order chi connectivity index (χ0) is 19.8. The number of amides is 1. The Morgan fingerprint density at radius 2 is 1.86 bits per heavy atom. The number of carbonyl (C=O) groups excluding carboxylic acids is 1.